The molecule has 0 aliphatic rings. The first-order chi connectivity index (χ1) is 15.3. The van der Waals surface area contributed by atoms with E-state index in [1.807, 2.05) is 74.7 Å². The Hall–Kier alpha value is -3.67. The van der Waals surface area contributed by atoms with Gasteiger partial charge in [-0.3, -0.25) is 4.79 Å². The number of hydrogen-bond acceptors (Lipinski definition) is 4. The summed E-state index contributed by atoms with van der Waals surface area (Å²) >= 11 is 0. The van der Waals surface area contributed by atoms with Crippen LogP contribution in [0.5, 0.6) is 0 Å². The van der Waals surface area contributed by atoms with Crippen molar-refractivity contribution in [1.29, 1.82) is 0 Å². The van der Waals surface area contributed by atoms with Crippen LogP contribution in [0.1, 0.15) is 50.9 Å². The summed E-state index contributed by atoms with van der Waals surface area (Å²) in [4.78, 5) is 24.3. The zero-order valence-electron chi connectivity index (χ0n) is 19.2. The van der Waals surface area contributed by atoms with E-state index >= 15 is 0 Å². The molecule has 3 rings (SSSR count). The number of aryl methyl sites for hydroxylation is 3. The fraction of sp³-hybridized carbons (Fsp3) is 0.269. The number of hydrazone groups is 1. The smallest absolute Gasteiger partial charge is 0.338 e. The second-order valence-corrected chi connectivity index (χ2v) is 7.82. The van der Waals surface area contributed by atoms with Gasteiger partial charge in [0.1, 0.15) is 0 Å². The van der Waals surface area contributed by atoms with Crippen molar-refractivity contribution in [3.63, 3.8) is 0 Å². The van der Waals surface area contributed by atoms with E-state index in [1.54, 1.807) is 19.2 Å². The molecule has 32 heavy (non-hydrogen) atoms. The van der Waals surface area contributed by atoms with Crippen LogP contribution in [0.15, 0.2) is 53.6 Å². The molecule has 0 atom stereocenters. The third-order valence-corrected chi connectivity index (χ3v) is 5.41. The van der Waals surface area contributed by atoms with Crippen LogP contribution >= 0.6 is 0 Å². The third-order valence-electron chi connectivity index (χ3n) is 5.41. The standard InChI is InChI=1S/C26H29N3O3/c1-6-32-26(31)22-8-7-9-24(15-22)29-19(4)13-23(20(29)5)16-27-28-25(30)14-21-11-10-17(2)18(3)12-21/h7-13,15-16H,6,14H2,1-5H3,(H,28,30)/b27-16-. The van der Waals surface area contributed by atoms with Gasteiger partial charge in [-0.1, -0.05) is 24.3 Å². The second-order valence-electron chi connectivity index (χ2n) is 7.82. The van der Waals surface area contributed by atoms with Crippen molar-refractivity contribution < 1.29 is 14.3 Å². The van der Waals surface area contributed by atoms with Crippen molar-refractivity contribution in [1.82, 2.24) is 9.99 Å². The highest BCUT2D eigenvalue weighted by Crippen LogP contribution is 2.21. The highest BCUT2D eigenvalue weighted by atomic mass is 16.5. The lowest BCUT2D eigenvalue weighted by Gasteiger charge is -2.11. The Bertz CT molecular complexity index is 1180. The van der Waals surface area contributed by atoms with Crippen LogP contribution in [0.25, 0.3) is 5.69 Å². The first-order valence-electron chi connectivity index (χ1n) is 10.6. The summed E-state index contributed by atoms with van der Waals surface area (Å²) in [5.41, 5.74) is 10.1. The first-order valence-corrected chi connectivity index (χ1v) is 10.6. The molecular weight excluding hydrogens is 402 g/mol. The SMILES string of the molecule is CCOC(=O)c1cccc(-n2c(C)cc(/C=N\NC(=O)Cc3ccc(C)c(C)c3)c2C)c1. The van der Waals surface area contributed by atoms with Crippen molar-refractivity contribution in [3.8, 4) is 5.69 Å². The highest BCUT2D eigenvalue weighted by Gasteiger charge is 2.13. The number of nitrogens with one attached hydrogen (secondary N) is 1. The molecule has 0 saturated heterocycles. The fourth-order valence-electron chi connectivity index (χ4n) is 3.61. The Labute approximate surface area is 188 Å². The number of carbonyl (C=O) groups is 2. The number of esters is 1. The predicted molar refractivity (Wildman–Crippen MR) is 127 cm³/mol. The molecule has 1 N–H and O–H groups in total. The zero-order valence-corrected chi connectivity index (χ0v) is 19.2. The van der Waals surface area contributed by atoms with Crippen LogP contribution in [0.3, 0.4) is 0 Å². The number of benzene rings is 2. The third kappa shape index (κ3) is 5.32. The minimum absolute atomic E-state index is 0.166. The van der Waals surface area contributed by atoms with Crippen LogP contribution in [0, 0.1) is 27.7 Å². The van der Waals surface area contributed by atoms with Crippen molar-refractivity contribution in [2.75, 3.05) is 6.61 Å². The van der Waals surface area contributed by atoms with Gasteiger partial charge >= 0.3 is 5.97 Å². The number of carbonyl (C=O) groups excluding carboxylic acids is 2. The van der Waals surface area contributed by atoms with Crippen LogP contribution in [-0.4, -0.2) is 29.3 Å². The topological polar surface area (TPSA) is 72.7 Å². The summed E-state index contributed by atoms with van der Waals surface area (Å²) in [6.45, 7) is 10.2. The molecular formula is C26H29N3O3. The molecule has 2 aromatic carbocycles. The fourth-order valence-corrected chi connectivity index (χ4v) is 3.61. The maximum absolute atomic E-state index is 12.3. The average molecular weight is 432 g/mol. The summed E-state index contributed by atoms with van der Waals surface area (Å²) < 4.78 is 7.15. The van der Waals surface area contributed by atoms with Crippen LogP contribution < -0.4 is 5.43 Å². The zero-order chi connectivity index (χ0) is 23.3. The van der Waals surface area contributed by atoms with E-state index in [4.69, 9.17) is 4.74 Å². The van der Waals surface area contributed by atoms with E-state index in [0.717, 1.165) is 28.2 Å². The van der Waals surface area contributed by atoms with E-state index < -0.39 is 0 Å². The summed E-state index contributed by atoms with van der Waals surface area (Å²) in [5.74, 6) is -0.509. The average Bonchev–Trinajstić information content (AvgIpc) is 3.04. The van der Waals surface area contributed by atoms with Gasteiger partial charge in [-0.2, -0.15) is 5.10 Å². The molecule has 0 unspecified atom stereocenters. The Kier molecular flexibility index (Phi) is 7.25. The van der Waals surface area contributed by atoms with E-state index in [2.05, 4.69) is 10.5 Å². The van der Waals surface area contributed by atoms with Gasteiger partial charge in [0.2, 0.25) is 5.91 Å². The molecule has 0 saturated carbocycles. The number of rotatable bonds is 7. The van der Waals surface area contributed by atoms with Crippen LogP contribution in [0.2, 0.25) is 0 Å². The van der Waals surface area contributed by atoms with Gasteiger partial charge in [0, 0.05) is 22.6 Å². The summed E-state index contributed by atoms with van der Waals surface area (Å²) in [6, 6.07) is 15.3. The van der Waals surface area contributed by atoms with Crippen molar-refractivity contribution in [3.05, 3.63) is 87.7 Å². The van der Waals surface area contributed by atoms with Gasteiger partial charge in [-0.05, 0) is 75.6 Å². The Morgan fingerprint density at radius 2 is 1.81 bits per heavy atom. The molecule has 1 heterocycles. The minimum atomic E-state index is -0.343. The van der Waals surface area contributed by atoms with Crippen molar-refractivity contribution in [2.24, 2.45) is 5.10 Å². The van der Waals surface area contributed by atoms with Gasteiger partial charge in [-0.25, -0.2) is 10.2 Å². The number of hydrogen-bond donors (Lipinski definition) is 1. The molecule has 3 aromatic rings. The molecule has 6 heteroatoms. The summed E-state index contributed by atoms with van der Waals surface area (Å²) in [5, 5.41) is 4.14. The number of ether oxygens (including phenoxy) is 1. The van der Waals surface area contributed by atoms with Gasteiger partial charge in [0.15, 0.2) is 0 Å². The quantitative estimate of drug-likeness (QED) is 0.338. The lowest BCUT2D eigenvalue weighted by atomic mass is 10.0. The van der Waals surface area contributed by atoms with Crippen molar-refractivity contribution in [2.45, 2.75) is 41.0 Å². The monoisotopic (exact) mass is 431 g/mol. The molecule has 1 aromatic heterocycles. The maximum atomic E-state index is 12.3. The molecule has 1 amide bonds. The normalized spacial score (nSPS) is 11.0. The highest BCUT2D eigenvalue weighted by molar-refractivity contribution is 5.90. The number of nitrogens with zero attached hydrogens (tertiary/aromatic N) is 2. The van der Waals surface area contributed by atoms with E-state index in [9.17, 15) is 9.59 Å². The van der Waals surface area contributed by atoms with E-state index in [1.165, 1.54) is 11.1 Å². The molecule has 0 aliphatic heterocycles. The predicted octanol–water partition coefficient (Wildman–Crippen LogP) is 4.58. The van der Waals surface area contributed by atoms with Gasteiger partial charge in [-0.15, -0.1) is 0 Å². The van der Waals surface area contributed by atoms with Crippen molar-refractivity contribution >= 4 is 18.1 Å². The summed E-state index contributed by atoms with van der Waals surface area (Å²) in [6.07, 6.45) is 1.92. The number of amides is 1. The lowest BCUT2D eigenvalue weighted by Crippen LogP contribution is -2.19. The van der Waals surface area contributed by atoms with Gasteiger partial charge in [0.25, 0.3) is 0 Å². The van der Waals surface area contributed by atoms with Gasteiger partial charge < -0.3 is 9.30 Å². The number of aromatic nitrogens is 1. The molecule has 0 spiro atoms. The molecule has 0 fully saturated rings. The van der Waals surface area contributed by atoms with Crippen LogP contribution in [-0.2, 0) is 16.0 Å². The van der Waals surface area contributed by atoms with Crippen LogP contribution in [0.4, 0.5) is 0 Å². The molecule has 0 radical (unpaired) electrons. The summed E-state index contributed by atoms with van der Waals surface area (Å²) in [7, 11) is 0. The molecule has 0 bridgehead atoms. The maximum Gasteiger partial charge on any atom is 0.338 e. The Balaban J connectivity index is 1.72. The first kappa shape index (κ1) is 23.0. The molecule has 166 valence electrons. The van der Waals surface area contributed by atoms with E-state index in [0.29, 0.717) is 12.2 Å². The molecule has 6 nitrogen and oxygen atoms in total. The van der Waals surface area contributed by atoms with E-state index in [-0.39, 0.29) is 18.3 Å². The minimum Gasteiger partial charge on any atom is -0.462 e. The lowest BCUT2D eigenvalue weighted by molar-refractivity contribution is -0.120. The Morgan fingerprint density at radius 1 is 1.03 bits per heavy atom. The molecule has 0 aliphatic carbocycles. The van der Waals surface area contributed by atoms with Gasteiger partial charge in [0.05, 0.1) is 24.8 Å². The largest absolute Gasteiger partial charge is 0.462 e. The second kappa shape index (κ2) is 10.1. The Morgan fingerprint density at radius 3 is 2.53 bits per heavy atom.